The van der Waals surface area contributed by atoms with Crippen molar-refractivity contribution in [1.29, 1.82) is 0 Å². The Balaban J connectivity index is 2.19. The molecule has 9 nitrogen and oxygen atoms in total. The number of amides is 2. The second-order valence-corrected chi connectivity index (χ2v) is 5.60. The van der Waals surface area contributed by atoms with Gasteiger partial charge in [0, 0.05) is 18.7 Å². The molecule has 1 fully saturated rings. The molecular weight excluding hydrogens is 364 g/mol. The molecule has 0 aliphatic carbocycles. The Hall–Kier alpha value is -2.75. The first kappa shape index (κ1) is 18.1. The molecule has 1 saturated heterocycles. The lowest BCUT2D eigenvalue weighted by Crippen LogP contribution is -2.33. The van der Waals surface area contributed by atoms with Gasteiger partial charge in [-0.3, -0.25) is 9.63 Å². The van der Waals surface area contributed by atoms with E-state index in [-0.39, 0.29) is 16.9 Å². The van der Waals surface area contributed by atoms with E-state index in [1.807, 2.05) is 0 Å². The summed E-state index contributed by atoms with van der Waals surface area (Å²) < 4.78 is 4.73. The molecule has 1 aromatic heterocycles. The molecule has 136 valence electrons. The number of halogens is 1. The summed E-state index contributed by atoms with van der Waals surface area (Å²) in [6.07, 6.45) is 0.695. The van der Waals surface area contributed by atoms with Gasteiger partial charge in [0.25, 0.3) is 5.72 Å². The van der Waals surface area contributed by atoms with Crippen LogP contribution in [0.3, 0.4) is 0 Å². The number of hydroxylamine groups is 3. The Morgan fingerprint density at radius 3 is 2.58 bits per heavy atom. The number of carbonyl (C=O) groups is 2. The quantitative estimate of drug-likeness (QED) is 0.457. The molecule has 0 radical (unpaired) electrons. The van der Waals surface area contributed by atoms with E-state index >= 15 is 0 Å². The van der Waals surface area contributed by atoms with Gasteiger partial charge >= 0.3 is 6.09 Å². The number of nitrogens with zero attached hydrogens (tertiary/aromatic N) is 4. The number of para-hydroxylation sites is 1. The van der Waals surface area contributed by atoms with Crippen molar-refractivity contribution >= 4 is 29.3 Å². The van der Waals surface area contributed by atoms with E-state index in [2.05, 4.69) is 9.97 Å². The van der Waals surface area contributed by atoms with Crippen molar-refractivity contribution in [3.63, 3.8) is 0 Å². The average molecular weight is 379 g/mol. The van der Waals surface area contributed by atoms with Gasteiger partial charge in [-0.1, -0.05) is 29.8 Å². The highest BCUT2D eigenvalue weighted by Gasteiger charge is 2.64. The molecule has 26 heavy (non-hydrogen) atoms. The maximum absolute atomic E-state index is 12.1. The first-order valence-electron chi connectivity index (χ1n) is 7.46. The van der Waals surface area contributed by atoms with Crippen molar-refractivity contribution in [2.75, 3.05) is 19.3 Å². The first-order valence-corrected chi connectivity index (χ1v) is 7.84. The lowest BCUT2D eigenvalue weighted by molar-refractivity contribution is -0.129. The molecule has 1 aromatic carbocycles. The van der Waals surface area contributed by atoms with E-state index in [0.717, 1.165) is 10.1 Å². The van der Waals surface area contributed by atoms with Gasteiger partial charge in [-0.2, -0.15) is 10.1 Å². The van der Waals surface area contributed by atoms with Crippen molar-refractivity contribution in [3.05, 3.63) is 53.1 Å². The summed E-state index contributed by atoms with van der Waals surface area (Å²) in [7, 11) is 2.54. The van der Waals surface area contributed by atoms with Crippen LogP contribution in [0.5, 0.6) is 0 Å². The van der Waals surface area contributed by atoms with Crippen LogP contribution in [0.15, 0.2) is 36.5 Å². The van der Waals surface area contributed by atoms with Gasteiger partial charge in [0.15, 0.2) is 5.82 Å². The lowest BCUT2D eigenvalue weighted by Gasteiger charge is -2.22. The van der Waals surface area contributed by atoms with Crippen LogP contribution >= 0.6 is 11.6 Å². The molecule has 0 N–H and O–H groups in total. The smallest absolute Gasteiger partial charge is 0.438 e. The van der Waals surface area contributed by atoms with Crippen LogP contribution in [0.1, 0.15) is 18.3 Å². The molecule has 1 aliphatic heterocycles. The normalized spacial score (nSPS) is 18.4. The largest absolute Gasteiger partial charge is 0.451 e. The summed E-state index contributed by atoms with van der Waals surface area (Å²) in [5.41, 5.74) is -0.725. The Morgan fingerprint density at radius 2 is 2.00 bits per heavy atom. The maximum Gasteiger partial charge on any atom is 0.438 e. The first-order chi connectivity index (χ1) is 12.5. The van der Waals surface area contributed by atoms with Crippen LogP contribution in [0, 0.1) is 0 Å². The second kappa shape index (κ2) is 6.87. The Kier molecular flexibility index (Phi) is 4.77. The summed E-state index contributed by atoms with van der Waals surface area (Å²) >= 11 is 5.98. The van der Waals surface area contributed by atoms with Gasteiger partial charge in [0.05, 0.1) is 19.9 Å². The standard InChI is InChI=1S/C16H15ClN4O5/c1-10(22)21-16(26-21,14-18-9-8-13(17)19-14)11-6-4-5-7-12(11)20(25-3)15(23)24-2/h4-9H,1-3H3. The average Bonchev–Trinajstić information content (AvgIpc) is 3.40. The molecule has 0 spiro atoms. The highest BCUT2D eigenvalue weighted by Crippen LogP contribution is 2.51. The Labute approximate surface area is 154 Å². The van der Waals surface area contributed by atoms with Crippen molar-refractivity contribution in [2.24, 2.45) is 0 Å². The van der Waals surface area contributed by atoms with Crippen LogP contribution in [-0.4, -0.2) is 41.3 Å². The van der Waals surface area contributed by atoms with Crippen LogP contribution in [0.2, 0.25) is 5.15 Å². The van der Waals surface area contributed by atoms with Gasteiger partial charge in [-0.25, -0.2) is 19.6 Å². The Bertz CT molecular complexity index is 864. The number of aromatic nitrogens is 2. The van der Waals surface area contributed by atoms with Crippen molar-refractivity contribution < 1.29 is 24.0 Å². The summed E-state index contributed by atoms with van der Waals surface area (Å²) in [6.45, 7) is 1.34. The molecule has 2 heterocycles. The van der Waals surface area contributed by atoms with Gasteiger partial charge in [-0.15, -0.1) is 0 Å². The van der Waals surface area contributed by atoms with E-state index in [0.29, 0.717) is 11.3 Å². The third-order valence-corrected chi connectivity index (χ3v) is 3.91. The number of anilines is 1. The molecule has 0 bridgehead atoms. The zero-order valence-electron chi connectivity index (χ0n) is 14.2. The fraction of sp³-hybridized carbons (Fsp3) is 0.250. The number of hydrogen-bond donors (Lipinski definition) is 0. The minimum absolute atomic E-state index is 0.147. The van der Waals surface area contributed by atoms with E-state index < -0.39 is 11.8 Å². The van der Waals surface area contributed by atoms with Crippen molar-refractivity contribution in [2.45, 2.75) is 12.6 Å². The molecule has 1 unspecified atom stereocenters. The van der Waals surface area contributed by atoms with E-state index in [9.17, 15) is 9.59 Å². The van der Waals surface area contributed by atoms with E-state index in [1.54, 1.807) is 24.3 Å². The highest BCUT2D eigenvalue weighted by molar-refractivity contribution is 6.29. The third-order valence-electron chi connectivity index (χ3n) is 3.70. The predicted molar refractivity (Wildman–Crippen MR) is 89.8 cm³/mol. The summed E-state index contributed by atoms with van der Waals surface area (Å²) in [4.78, 5) is 43.1. The van der Waals surface area contributed by atoms with Crippen LogP contribution < -0.4 is 5.06 Å². The fourth-order valence-corrected chi connectivity index (χ4v) is 2.74. The monoisotopic (exact) mass is 378 g/mol. The molecule has 2 amide bonds. The fourth-order valence-electron chi connectivity index (χ4n) is 2.60. The number of hydrogen-bond acceptors (Lipinski definition) is 7. The zero-order chi connectivity index (χ0) is 18.9. The molecule has 10 heteroatoms. The van der Waals surface area contributed by atoms with E-state index in [1.165, 1.54) is 33.4 Å². The van der Waals surface area contributed by atoms with Gasteiger partial charge in [0.2, 0.25) is 5.91 Å². The van der Waals surface area contributed by atoms with Gasteiger partial charge in [-0.05, 0) is 12.1 Å². The maximum atomic E-state index is 12.1. The van der Waals surface area contributed by atoms with Crippen LogP contribution in [0.25, 0.3) is 0 Å². The SMILES string of the molecule is COC(=O)N(OC)c1ccccc1C1(c2nccc(Cl)n2)ON1C(C)=O. The van der Waals surface area contributed by atoms with Gasteiger partial charge < -0.3 is 4.74 Å². The molecule has 1 aliphatic rings. The number of benzene rings is 1. The topological polar surface area (TPSA) is 97.2 Å². The molecule has 1 atom stereocenters. The number of rotatable bonds is 4. The summed E-state index contributed by atoms with van der Waals surface area (Å²) in [6, 6.07) is 8.19. The van der Waals surface area contributed by atoms with Crippen LogP contribution in [0.4, 0.5) is 10.5 Å². The minimum atomic E-state index is -1.43. The van der Waals surface area contributed by atoms with E-state index in [4.69, 9.17) is 26.0 Å². The second-order valence-electron chi connectivity index (χ2n) is 5.22. The highest BCUT2D eigenvalue weighted by atomic mass is 35.5. The predicted octanol–water partition coefficient (Wildman–Crippen LogP) is 2.26. The molecule has 3 rings (SSSR count). The molecule has 2 aromatic rings. The lowest BCUT2D eigenvalue weighted by atomic mass is 10.0. The third kappa shape index (κ3) is 2.85. The zero-order valence-corrected chi connectivity index (χ0v) is 14.9. The minimum Gasteiger partial charge on any atom is -0.451 e. The van der Waals surface area contributed by atoms with Crippen LogP contribution in [-0.2, 0) is 24.9 Å². The molecule has 0 saturated carbocycles. The number of ether oxygens (including phenoxy) is 1. The summed E-state index contributed by atoms with van der Waals surface area (Å²) in [5.74, 6) is -0.223. The number of carbonyl (C=O) groups excluding carboxylic acids is 2. The summed E-state index contributed by atoms with van der Waals surface area (Å²) in [5, 5.41) is 2.21. The molecular formula is C16H15ClN4O5. The van der Waals surface area contributed by atoms with Gasteiger partial charge in [0.1, 0.15) is 5.15 Å². The number of methoxy groups -OCH3 is 1. The Morgan fingerprint density at radius 1 is 1.27 bits per heavy atom. The van der Waals surface area contributed by atoms with Crippen molar-refractivity contribution in [1.82, 2.24) is 15.0 Å². The van der Waals surface area contributed by atoms with Crippen molar-refractivity contribution in [3.8, 4) is 0 Å².